The van der Waals surface area contributed by atoms with Crippen LogP contribution in [0.4, 0.5) is 16.3 Å². The third kappa shape index (κ3) is 5.36. The summed E-state index contributed by atoms with van der Waals surface area (Å²) in [7, 11) is 1.84. The van der Waals surface area contributed by atoms with Crippen molar-refractivity contribution in [3.63, 3.8) is 0 Å². The van der Waals surface area contributed by atoms with Crippen LogP contribution in [0.5, 0.6) is 0 Å². The van der Waals surface area contributed by atoms with Gasteiger partial charge in [0.05, 0.1) is 4.70 Å². The van der Waals surface area contributed by atoms with Gasteiger partial charge >= 0.3 is 6.03 Å². The lowest BCUT2D eigenvalue weighted by atomic mass is 9.84. The molecule has 2 fully saturated rings. The number of aromatic nitrogens is 1. The summed E-state index contributed by atoms with van der Waals surface area (Å²) in [4.78, 5) is 19.4. The Hall–Kier alpha value is -2.64. The highest BCUT2D eigenvalue weighted by molar-refractivity contribution is 7.13. The molecular weight excluding hydrogens is 442 g/mol. The van der Waals surface area contributed by atoms with Crippen molar-refractivity contribution in [1.82, 2.24) is 14.6 Å². The van der Waals surface area contributed by atoms with Crippen LogP contribution in [0.3, 0.4) is 0 Å². The lowest BCUT2D eigenvalue weighted by Gasteiger charge is -2.36. The minimum Gasteiger partial charge on any atom is -0.353 e. The highest BCUT2D eigenvalue weighted by atomic mass is 32.1. The van der Waals surface area contributed by atoms with Crippen LogP contribution in [0.2, 0.25) is 0 Å². The topological polar surface area (TPSA) is 51.7 Å². The summed E-state index contributed by atoms with van der Waals surface area (Å²) in [5.41, 5.74) is 0.928. The molecule has 0 unspecified atom stereocenters. The van der Waals surface area contributed by atoms with Crippen LogP contribution in [-0.2, 0) is 0 Å². The molecule has 180 valence electrons. The molecule has 0 bridgehead atoms. The number of urea groups is 1. The average Bonchev–Trinajstić information content (AvgIpc) is 3.33. The van der Waals surface area contributed by atoms with Crippen LogP contribution in [0.25, 0.3) is 10.1 Å². The lowest BCUT2D eigenvalue weighted by Crippen LogP contribution is -2.47. The van der Waals surface area contributed by atoms with E-state index in [0.717, 1.165) is 50.6 Å². The number of anilines is 2. The quantitative estimate of drug-likeness (QED) is 0.529. The van der Waals surface area contributed by atoms with Crippen molar-refractivity contribution in [3.05, 3.63) is 54.6 Å². The van der Waals surface area contributed by atoms with Gasteiger partial charge in [-0.15, -0.1) is 0 Å². The molecule has 2 heterocycles. The van der Waals surface area contributed by atoms with Crippen LogP contribution in [0.1, 0.15) is 32.1 Å². The Bertz CT molecular complexity index is 1070. The zero-order chi connectivity index (χ0) is 23.3. The molecule has 7 heteroatoms. The molecule has 2 amide bonds. The van der Waals surface area contributed by atoms with E-state index < -0.39 is 0 Å². The minimum absolute atomic E-state index is 0.000381. The number of nitrogens with zero attached hydrogens (tertiary/aromatic N) is 4. The molecule has 1 N–H and O–H groups in total. The van der Waals surface area contributed by atoms with E-state index >= 15 is 0 Å². The number of carbonyl (C=O) groups excluding carboxylic acids is 1. The van der Waals surface area contributed by atoms with Gasteiger partial charge in [-0.2, -0.15) is 4.37 Å². The van der Waals surface area contributed by atoms with Crippen molar-refractivity contribution in [1.29, 1.82) is 0 Å². The first kappa shape index (κ1) is 23.1. The number of hydrogen-bond donors (Lipinski definition) is 1. The summed E-state index contributed by atoms with van der Waals surface area (Å²) in [5, 5.41) is 4.53. The van der Waals surface area contributed by atoms with Gasteiger partial charge in [0.2, 0.25) is 0 Å². The second-order valence-electron chi connectivity index (χ2n) is 9.68. The fourth-order valence-corrected chi connectivity index (χ4v) is 6.08. The van der Waals surface area contributed by atoms with Gasteiger partial charge in [0.15, 0.2) is 0 Å². The average molecular weight is 478 g/mol. The Morgan fingerprint density at radius 1 is 1.00 bits per heavy atom. The summed E-state index contributed by atoms with van der Waals surface area (Å²) in [6.45, 7) is 5.53. The smallest absolute Gasteiger partial charge is 0.321 e. The molecule has 2 aromatic carbocycles. The van der Waals surface area contributed by atoms with E-state index in [1.807, 2.05) is 37.4 Å². The van der Waals surface area contributed by atoms with Gasteiger partial charge in [-0.25, -0.2) is 4.79 Å². The van der Waals surface area contributed by atoms with E-state index in [4.69, 9.17) is 4.37 Å². The number of hydrogen-bond acceptors (Lipinski definition) is 5. The molecule has 1 saturated carbocycles. The molecule has 5 rings (SSSR count). The number of rotatable bonds is 6. The van der Waals surface area contributed by atoms with E-state index in [1.54, 1.807) is 16.4 Å². The summed E-state index contributed by atoms with van der Waals surface area (Å²) < 4.78 is 6.01. The predicted octanol–water partition coefficient (Wildman–Crippen LogP) is 5.21. The number of amides is 2. The molecule has 0 spiro atoms. The zero-order valence-electron chi connectivity index (χ0n) is 20.0. The molecule has 1 aliphatic carbocycles. The predicted molar refractivity (Wildman–Crippen MR) is 142 cm³/mol. The summed E-state index contributed by atoms with van der Waals surface area (Å²) in [5.74, 6) is 1.94. The Kier molecular flexibility index (Phi) is 7.30. The van der Waals surface area contributed by atoms with Crippen LogP contribution < -0.4 is 15.1 Å². The van der Waals surface area contributed by atoms with Crippen molar-refractivity contribution in [2.75, 3.05) is 49.6 Å². The molecule has 3 aromatic rings. The Labute approximate surface area is 206 Å². The molecular formula is C27H35N5OS. The number of benzene rings is 2. The number of nitrogens with one attached hydrogen (secondary N) is 1. The SMILES string of the molecule is CN(C(=O)NC1CCC(CCN2CCN(c3nsc4ccccc34)CC2)CC1)c1ccccc1. The van der Waals surface area contributed by atoms with E-state index in [1.165, 1.54) is 41.7 Å². The summed E-state index contributed by atoms with van der Waals surface area (Å²) >= 11 is 1.61. The van der Waals surface area contributed by atoms with E-state index in [-0.39, 0.29) is 6.03 Å². The largest absolute Gasteiger partial charge is 0.353 e. The molecule has 0 radical (unpaired) electrons. The molecule has 0 atom stereocenters. The van der Waals surface area contributed by atoms with Crippen LogP contribution in [0.15, 0.2) is 54.6 Å². The van der Waals surface area contributed by atoms with E-state index in [2.05, 4.69) is 39.4 Å². The second kappa shape index (κ2) is 10.7. The van der Waals surface area contributed by atoms with Gasteiger partial charge in [-0.05, 0) is 80.4 Å². The van der Waals surface area contributed by atoms with Crippen LogP contribution in [0, 0.1) is 5.92 Å². The van der Waals surface area contributed by atoms with Crippen molar-refractivity contribution in [2.45, 2.75) is 38.1 Å². The maximum absolute atomic E-state index is 12.6. The highest BCUT2D eigenvalue weighted by Crippen LogP contribution is 2.31. The fourth-order valence-electron chi connectivity index (χ4n) is 5.28. The maximum Gasteiger partial charge on any atom is 0.321 e. The van der Waals surface area contributed by atoms with Gasteiger partial charge in [-0.3, -0.25) is 9.80 Å². The maximum atomic E-state index is 12.6. The molecule has 1 aromatic heterocycles. The lowest BCUT2D eigenvalue weighted by molar-refractivity contribution is 0.207. The third-order valence-corrected chi connectivity index (χ3v) is 8.32. The van der Waals surface area contributed by atoms with Crippen molar-refractivity contribution in [2.24, 2.45) is 5.92 Å². The van der Waals surface area contributed by atoms with E-state index in [9.17, 15) is 4.79 Å². The van der Waals surface area contributed by atoms with Gasteiger partial charge < -0.3 is 10.2 Å². The Morgan fingerprint density at radius 2 is 1.71 bits per heavy atom. The number of piperazine rings is 1. The molecule has 2 aliphatic rings. The van der Waals surface area contributed by atoms with Gasteiger partial charge in [-0.1, -0.05) is 30.3 Å². The van der Waals surface area contributed by atoms with Gasteiger partial charge in [0.1, 0.15) is 5.82 Å². The highest BCUT2D eigenvalue weighted by Gasteiger charge is 2.25. The molecule has 1 saturated heterocycles. The van der Waals surface area contributed by atoms with E-state index in [0.29, 0.717) is 6.04 Å². The fraction of sp³-hybridized carbons (Fsp3) is 0.481. The van der Waals surface area contributed by atoms with Crippen molar-refractivity contribution < 1.29 is 4.79 Å². The second-order valence-corrected chi connectivity index (χ2v) is 10.5. The third-order valence-electron chi connectivity index (χ3n) is 7.51. The Balaban J connectivity index is 1.02. The number of para-hydroxylation sites is 1. The first-order chi connectivity index (χ1) is 16.7. The normalized spacial score (nSPS) is 21.5. The van der Waals surface area contributed by atoms with Gasteiger partial charge in [0.25, 0.3) is 0 Å². The van der Waals surface area contributed by atoms with Crippen LogP contribution in [-0.4, -0.2) is 61.1 Å². The van der Waals surface area contributed by atoms with Crippen molar-refractivity contribution >= 4 is 39.2 Å². The summed E-state index contributed by atoms with van der Waals surface area (Å²) in [6, 6.07) is 18.7. The number of fused-ring (bicyclic) bond motifs is 1. The monoisotopic (exact) mass is 477 g/mol. The number of carbonyl (C=O) groups is 1. The Morgan fingerprint density at radius 3 is 2.47 bits per heavy atom. The molecule has 1 aliphatic heterocycles. The van der Waals surface area contributed by atoms with Crippen molar-refractivity contribution in [3.8, 4) is 0 Å². The first-order valence-corrected chi connectivity index (χ1v) is 13.4. The molecule has 6 nitrogen and oxygen atoms in total. The minimum atomic E-state index is 0.000381. The zero-order valence-corrected chi connectivity index (χ0v) is 20.8. The van der Waals surface area contributed by atoms with Gasteiger partial charge in [0, 0.05) is 50.3 Å². The summed E-state index contributed by atoms with van der Waals surface area (Å²) in [6.07, 6.45) is 5.87. The standard InChI is InChI=1S/C27H35N5OS/c1-30(23-7-3-2-4-8-23)27(33)28-22-13-11-21(12-14-22)15-16-31-17-19-32(20-18-31)26-24-9-5-6-10-25(24)34-29-26/h2-10,21-22H,11-20H2,1H3,(H,28,33). The van der Waals surface area contributed by atoms with Crippen LogP contribution >= 0.6 is 11.5 Å². The first-order valence-electron chi connectivity index (χ1n) is 12.6. The molecule has 34 heavy (non-hydrogen) atoms.